The number of pyridine rings is 1. The second-order valence-corrected chi connectivity index (χ2v) is 5.19. The van der Waals surface area contributed by atoms with Gasteiger partial charge >= 0.3 is 5.97 Å². The number of carboxylic acid groups (broad SMARTS) is 1. The molecule has 7 heteroatoms. The first-order valence-corrected chi connectivity index (χ1v) is 6.50. The third kappa shape index (κ3) is 3.85. The highest BCUT2D eigenvalue weighted by molar-refractivity contribution is 9.10. The Hall–Kier alpha value is -1.76. The Bertz CT molecular complexity index is 568. The molecule has 0 bridgehead atoms. The van der Waals surface area contributed by atoms with E-state index in [9.17, 15) is 4.79 Å². The van der Waals surface area contributed by atoms with E-state index in [0.29, 0.717) is 23.9 Å². The summed E-state index contributed by atoms with van der Waals surface area (Å²) in [4.78, 5) is 14.7. The molecule has 0 fully saturated rings. The number of nitrogens with zero attached hydrogens (tertiary/aromatic N) is 3. The van der Waals surface area contributed by atoms with Crippen molar-refractivity contribution in [1.29, 1.82) is 0 Å². The van der Waals surface area contributed by atoms with Crippen molar-refractivity contribution in [3.8, 4) is 11.6 Å². The molecular weight excluding hydrogens is 314 g/mol. The number of halogens is 1. The minimum Gasteiger partial charge on any atom is -0.481 e. The fourth-order valence-corrected chi connectivity index (χ4v) is 1.84. The molecule has 1 atom stereocenters. The van der Waals surface area contributed by atoms with Crippen LogP contribution in [0.25, 0.3) is 11.6 Å². The maximum atomic E-state index is 10.6. The van der Waals surface area contributed by atoms with Crippen molar-refractivity contribution in [2.24, 2.45) is 5.92 Å². The molecule has 0 aliphatic carbocycles. The summed E-state index contributed by atoms with van der Waals surface area (Å²) in [6, 6.07) is 3.60. The zero-order valence-corrected chi connectivity index (χ0v) is 11.8. The van der Waals surface area contributed by atoms with Gasteiger partial charge in [0, 0.05) is 23.5 Å². The van der Waals surface area contributed by atoms with Crippen molar-refractivity contribution in [2.75, 3.05) is 0 Å². The molecule has 0 amide bonds. The number of carbonyl (C=O) groups is 1. The molecule has 2 aromatic rings. The molecule has 19 heavy (non-hydrogen) atoms. The standard InChI is InChI=1S/C12H12BrN3O3/c1-7(5-11(17)18)4-10-15-16-12(19-10)9-3-2-8(13)6-14-9/h2-3,6-7H,4-5H2,1H3,(H,17,18). The van der Waals surface area contributed by atoms with Gasteiger partial charge in [0.05, 0.1) is 0 Å². The summed E-state index contributed by atoms with van der Waals surface area (Å²) in [5, 5.41) is 16.5. The van der Waals surface area contributed by atoms with Crippen LogP contribution in [-0.4, -0.2) is 26.3 Å². The van der Waals surface area contributed by atoms with Gasteiger partial charge < -0.3 is 9.52 Å². The lowest BCUT2D eigenvalue weighted by Gasteiger charge is -2.03. The molecule has 2 aromatic heterocycles. The molecule has 6 nitrogen and oxygen atoms in total. The minimum atomic E-state index is -0.832. The van der Waals surface area contributed by atoms with E-state index in [4.69, 9.17) is 9.52 Å². The van der Waals surface area contributed by atoms with Crippen molar-refractivity contribution in [3.63, 3.8) is 0 Å². The van der Waals surface area contributed by atoms with Crippen LogP contribution >= 0.6 is 15.9 Å². The average Bonchev–Trinajstić information content (AvgIpc) is 2.77. The second kappa shape index (κ2) is 5.92. The van der Waals surface area contributed by atoms with Crippen LogP contribution in [0.4, 0.5) is 0 Å². The molecule has 2 rings (SSSR count). The number of carboxylic acids is 1. The van der Waals surface area contributed by atoms with E-state index in [-0.39, 0.29) is 12.3 Å². The summed E-state index contributed by atoms with van der Waals surface area (Å²) in [5.74, 6) is -0.121. The van der Waals surface area contributed by atoms with Gasteiger partial charge in [-0.1, -0.05) is 6.92 Å². The summed E-state index contributed by atoms with van der Waals surface area (Å²) in [5.41, 5.74) is 0.591. The number of rotatable bonds is 5. The molecule has 2 heterocycles. The molecule has 0 spiro atoms. The molecule has 1 unspecified atom stereocenters. The fourth-order valence-electron chi connectivity index (χ4n) is 1.61. The smallest absolute Gasteiger partial charge is 0.303 e. The first-order valence-electron chi connectivity index (χ1n) is 5.70. The quantitative estimate of drug-likeness (QED) is 0.908. The monoisotopic (exact) mass is 325 g/mol. The van der Waals surface area contributed by atoms with Crippen molar-refractivity contribution < 1.29 is 14.3 Å². The maximum Gasteiger partial charge on any atom is 0.303 e. The number of aliphatic carboxylic acids is 1. The number of hydrogen-bond donors (Lipinski definition) is 1. The molecule has 0 aromatic carbocycles. The molecule has 1 N–H and O–H groups in total. The Kier molecular flexibility index (Phi) is 4.26. The Morgan fingerprint density at radius 2 is 2.26 bits per heavy atom. The van der Waals surface area contributed by atoms with Crippen LogP contribution in [0.1, 0.15) is 19.2 Å². The van der Waals surface area contributed by atoms with Crippen LogP contribution in [-0.2, 0) is 11.2 Å². The van der Waals surface area contributed by atoms with Crippen molar-refractivity contribution in [3.05, 3.63) is 28.7 Å². The van der Waals surface area contributed by atoms with E-state index < -0.39 is 5.97 Å². The van der Waals surface area contributed by atoms with Crippen LogP contribution in [0.2, 0.25) is 0 Å². The third-order valence-corrected chi connectivity index (χ3v) is 2.93. The lowest BCUT2D eigenvalue weighted by Crippen LogP contribution is -2.07. The van der Waals surface area contributed by atoms with Gasteiger partial charge in [0.15, 0.2) is 0 Å². The first kappa shape index (κ1) is 13.7. The molecule has 0 aliphatic heterocycles. The fraction of sp³-hybridized carbons (Fsp3) is 0.333. The van der Waals surface area contributed by atoms with Crippen LogP contribution in [0.15, 0.2) is 27.2 Å². The van der Waals surface area contributed by atoms with E-state index in [1.165, 1.54) is 0 Å². The topological polar surface area (TPSA) is 89.1 Å². The molecule has 0 saturated carbocycles. The molecule has 0 aliphatic rings. The van der Waals surface area contributed by atoms with Crippen molar-refractivity contribution in [2.45, 2.75) is 19.8 Å². The van der Waals surface area contributed by atoms with Gasteiger partial charge in [-0.05, 0) is 34.0 Å². The van der Waals surface area contributed by atoms with E-state index in [0.717, 1.165) is 4.47 Å². The number of aromatic nitrogens is 3. The zero-order chi connectivity index (χ0) is 13.8. The van der Waals surface area contributed by atoms with Gasteiger partial charge in [0.25, 0.3) is 5.89 Å². The average molecular weight is 326 g/mol. The molecular formula is C12H12BrN3O3. The van der Waals surface area contributed by atoms with Crippen LogP contribution in [0.3, 0.4) is 0 Å². The summed E-state index contributed by atoms with van der Waals surface area (Å²) in [6.07, 6.45) is 2.16. The number of hydrogen-bond acceptors (Lipinski definition) is 5. The maximum absolute atomic E-state index is 10.6. The van der Waals surface area contributed by atoms with Gasteiger partial charge in [0.2, 0.25) is 5.89 Å². The largest absolute Gasteiger partial charge is 0.481 e. The van der Waals surface area contributed by atoms with E-state index >= 15 is 0 Å². The van der Waals surface area contributed by atoms with Crippen molar-refractivity contribution in [1.82, 2.24) is 15.2 Å². The van der Waals surface area contributed by atoms with E-state index in [1.54, 1.807) is 12.3 Å². The van der Waals surface area contributed by atoms with Crippen LogP contribution < -0.4 is 0 Å². The van der Waals surface area contributed by atoms with Gasteiger partial charge in [0.1, 0.15) is 5.69 Å². The van der Waals surface area contributed by atoms with Crippen LogP contribution in [0, 0.1) is 5.92 Å². The van der Waals surface area contributed by atoms with E-state index in [1.807, 2.05) is 13.0 Å². The predicted octanol–water partition coefficient (Wildman–Crippen LogP) is 2.55. The SMILES string of the molecule is CC(CC(=O)O)Cc1nnc(-c2ccc(Br)cn2)o1. The van der Waals surface area contributed by atoms with Gasteiger partial charge in [-0.3, -0.25) is 4.79 Å². The Labute approximate surface area is 118 Å². The lowest BCUT2D eigenvalue weighted by molar-refractivity contribution is -0.137. The third-order valence-electron chi connectivity index (χ3n) is 2.46. The molecule has 100 valence electrons. The Morgan fingerprint density at radius 1 is 1.47 bits per heavy atom. The highest BCUT2D eigenvalue weighted by Gasteiger charge is 2.14. The van der Waals surface area contributed by atoms with Crippen LogP contribution in [0.5, 0.6) is 0 Å². The molecule has 0 saturated heterocycles. The first-order chi connectivity index (χ1) is 9.04. The normalized spacial score (nSPS) is 12.3. The summed E-state index contributed by atoms with van der Waals surface area (Å²) in [7, 11) is 0. The summed E-state index contributed by atoms with van der Waals surface area (Å²) >= 11 is 3.29. The van der Waals surface area contributed by atoms with Gasteiger partial charge in [-0.15, -0.1) is 10.2 Å². The Balaban J connectivity index is 2.06. The highest BCUT2D eigenvalue weighted by atomic mass is 79.9. The van der Waals surface area contributed by atoms with Crippen molar-refractivity contribution >= 4 is 21.9 Å². The Morgan fingerprint density at radius 3 is 2.89 bits per heavy atom. The second-order valence-electron chi connectivity index (χ2n) is 4.27. The van der Waals surface area contributed by atoms with Gasteiger partial charge in [-0.2, -0.15) is 0 Å². The van der Waals surface area contributed by atoms with Gasteiger partial charge in [-0.25, -0.2) is 4.98 Å². The highest BCUT2D eigenvalue weighted by Crippen LogP contribution is 2.19. The minimum absolute atomic E-state index is 0.0522. The summed E-state index contributed by atoms with van der Waals surface area (Å²) in [6.45, 7) is 1.83. The summed E-state index contributed by atoms with van der Waals surface area (Å²) < 4.78 is 6.34. The molecule has 0 radical (unpaired) electrons. The predicted molar refractivity (Wildman–Crippen MR) is 70.3 cm³/mol. The lowest BCUT2D eigenvalue weighted by atomic mass is 10.0. The zero-order valence-electron chi connectivity index (χ0n) is 10.2. The van der Waals surface area contributed by atoms with E-state index in [2.05, 4.69) is 31.1 Å².